The van der Waals surface area contributed by atoms with Crippen LogP contribution in [0.4, 0.5) is 11.4 Å². The molecule has 26 nitrogen and oxygen atoms in total. The standard InChI is InChI=1S/C36H37N11O5.C30H36N8O2.2CH4/c48-31(24-45(20-27-7-1-4-14-37-27)21-28-8-2-5-15-38-28)25-46(22-29-9-3-6-16-39-29)23-30-11-10-26(19-42-30)36(49)41-18-17-40-32-12-13-33(47(50)51)35-34(32)43-52-44-35;31-12-16-35-30(40)24-10-11-28(36-17-24)21-38(20-27-9-3-6-15-34-27)23-29(39)22-37(18-25-7-1-4-13-32-25)19-26-8-2-5-14-33-26;;/h1-16,19,31,40,48H,17-18,20-25H2,(H,41,49);1-11,13-15,17,29,39H,12,16,18-23,31H2,(H,35,40);2*1H4. The number of carbonyl (C=O) groups excluding carboxylic acids is 2. The molecule has 1 aromatic carbocycles. The molecular weight excluding hydrogens is 1190 g/mol. The van der Waals surface area contributed by atoms with Crippen LogP contribution >= 0.6 is 0 Å². The summed E-state index contributed by atoms with van der Waals surface area (Å²) in [7, 11) is 0. The van der Waals surface area contributed by atoms with Gasteiger partial charge in [0, 0.05) is 160 Å². The number of hydrogen-bond acceptors (Lipinski definition) is 23. The second kappa shape index (κ2) is 37.9. The Kier molecular flexibility index (Phi) is 28.7. The van der Waals surface area contributed by atoms with Crippen LogP contribution in [0.3, 0.4) is 0 Å². The Hall–Kier alpha value is -10.3. The zero-order valence-corrected chi connectivity index (χ0v) is 50.7. The van der Waals surface area contributed by atoms with E-state index in [1.54, 1.807) is 61.6 Å². The van der Waals surface area contributed by atoms with E-state index in [1.165, 1.54) is 18.3 Å². The number of aromatic nitrogens is 10. The van der Waals surface area contributed by atoms with Crippen molar-refractivity contribution in [1.82, 2.24) is 80.4 Å². The number of non-ortho nitro benzene ring substituents is 1. The minimum Gasteiger partial charge on any atom is -0.390 e. The quantitative estimate of drug-likeness (QED) is 0.0138. The highest BCUT2D eigenvalue weighted by molar-refractivity contribution is 5.95. The lowest BCUT2D eigenvalue weighted by Gasteiger charge is -2.29. The van der Waals surface area contributed by atoms with Crippen LogP contribution in [0.1, 0.15) is 81.1 Å². The van der Waals surface area contributed by atoms with Gasteiger partial charge in [0.15, 0.2) is 5.52 Å². The molecule has 2 unspecified atom stereocenters. The molecule has 0 spiro atoms. The third kappa shape index (κ3) is 23.1. The van der Waals surface area contributed by atoms with Crippen molar-refractivity contribution in [1.29, 1.82) is 0 Å². The van der Waals surface area contributed by atoms with Gasteiger partial charge in [-0.25, -0.2) is 4.63 Å². The van der Waals surface area contributed by atoms with Gasteiger partial charge in [0.25, 0.3) is 11.8 Å². The summed E-state index contributed by atoms with van der Waals surface area (Å²) >= 11 is 0. The molecule has 2 atom stereocenters. The highest BCUT2D eigenvalue weighted by Crippen LogP contribution is 2.28. The Morgan fingerprint density at radius 1 is 0.447 bits per heavy atom. The lowest BCUT2D eigenvalue weighted by Crippen LogP contribution is -2.40. The Bertz CT molecular complexity index is 3720. The molecular formula is C68H81N19O7. The molecule has 26 heteroatoms. The van der Waals surface area contributed by atoms with Gasteiger partial charge < -0.3 is 31.9 Å². The molecule has 0 radical (unpaired) electrons. The molecule has 9 heterocycles. The number of nitro benzene ring substituents is 1. The van der Waals surface area contributed by atoms with Gasteiger partial charge in [0.05, 0.1) is 79.5 Å². The topological polar surface area (TPSA) is 335 Å². The summed E-state index contributed by atoms with van der Waals surface area (Å²) in [5, 5.41) is 50.0. The maximum Gasteiger partial charge on any atom is 0.300 e. The summed E-state index contributed by atoms with van der Waals surface area (Å²) in [6, 6.07) is 44.7. The van der Waals surface area contributed by atoms with Crippen LogP contribution < -0.4 is 21.7 Å². The summed E-state index contributed by atoms with van der Waals surface area (Å²) < 4.78 is 4.69. The number of nitrogens with one attached hydrogen (secondary N) is 3. The van der Waals surface area contributed by atoms with Crippen LogP contribution in [0, 0.1) is 10.1 Å². The van der Waals surface area contributed by atoms with Gasteiger partial charge in [-0.1, -0.05) is 51.3 Å². The molecule has 9 aromatic heterocycles. The Labute approximate surface area is 546 Å². The number of nitrogens with two attached hydrogens (primary N) is 1. The van der Waals surface area contributed by atoms with Crippen molar-refractivity contribution in [2.24, 2.45) is 5.73 Å². The first-order valence-electron chi connectivity index (χ1n) is 29.9. The van der Waals surface area contributed by atoms with Crippen LogP contribution in [0.15, 0.2) is 200 Å². The number of nitro groups is 1. The lowest BCUT2D eigenvalue weighted by atomic mass is 10.2. The molecule has 10 aromatic rings. The number of hydrogen-bond donors (Lipinski definition) is 6. The predicted octanol–water partition coefficient (Wildman–Crippen LogP) is 6.91. The molecule has 0 saturated heterocycles. The molecule has 0 aliphatic heterocycles. The van der Waals surface area contributed by atoms with E-state index in [2.05, 4.69) is 90.4 Å². The summed E-state index contributed by atoms with van der Waals surface area (Å²) in [5.74, 6) is -0.509. The number of amides is 2. The fraction of sp³-hybridized carbons (Fsp3) is 0.294. The first kappa shape index (κ1) is 71.1. The van der Waals surface area contributed by atoms with Gasteiger partial charge in [-0.3, -0.25) is 79.2 Å². The fourth-order valence-electron chi connectivity index (χ4n) is 10.0. The first-order chi connectivity index (χ1) is 45.0. The second-order valence-corrected chi connectivity index (χ2v) is 21.6. The Morgan fingerprint density at radius 2 is 0.777 bits per heavy atom. The monoisotopic (exact) mass is 1280 g/mol. The minimum atomic E-state index is -0.711. The number of aliphatic hydroxyl groups excluding tert-OH is 2. The van der Waals surface area contributed by atoms with Crippen molar-refractivity contribution < 1.29 is 29.4 Å². The number of aliphatic hydroxyl groups is 2. The SMILES string of the molecule is C.C.NCCNC(=O)c1ccc(CN(Cc2ccccn2)CC(O)CN(Cc2ccccn2)Cc2ccccn2)nc1.O=C(NCCNc1ccc([N+](=O)[O-])c2nonc12)c1ccc(CN(Cc2ccccn2)CC(O)CN(Cc2ccccn2)Cc2ccccn2)nc1. The van der Waals surface area contributed by atoms with E-state index < -0.39 is 17.1 Å². The smallest absolute Gasteiger partial charge is 0.300 e. The lowest BCUT2D eigenvalue weighted by molar-refractivity contribution is -0.383. The van der Waals surface area contributed by atoms with Gasteiger partial charge >= 0.3 is 5.69 Å². The van der Waals surface area contributed by atoms with E-state index in [-0.39, 0.29) is 49.9 Å². The van der Waals surface area contributed by atoms with Crippen molar-refractivity contribution in [3.8, 4) is 0 Å². The summed E-state index contributed by atoms with van der Waals surface area (Å²) in [6.07, 6.45) is 12.3. The summed E-state index contributed by atoms with van der Waals surface area (Å²) in [6.45, 7) is 7.14. The van der Waals surface area contributed by atoms with Gasteiger partial charge in [-0.05, 0) is 113 Å². The maximum atomic E-state index is 12.9. The fourth-order valence-corrected chi connectivity index (χ4v) is 10.0. The number of benzene rings is 1. The van der Waals surface area contributed by atoms with E-state index in [1.807, 2.05) is 115 Å². The minimum absolute atomic E-state index is 0. The highest BCUT2D eigenvalue weighted by Gasteiger charge is 2.23. The third-order valence-electron chi connectivity index (χ3n) is 14.2. The van der Waals surface area contributed by atoms with Gasteiger partial charge in [0.1, 0.15) is 0 Å². The normalized spacial score (nSPS) is 11.7. The third-order valence-corrected chi connectivity index (χ3v) is 14.2. The molecule has 94 heavy (non-hydrogen) atoms. The van der Waals surface area contributed by atoms with Crippen LogP contribution in [0.25, 0.3) is 11.0 Å². The molecule has 0 bridgehead atoms. The molecule has 7 N–H and O–H groups in total. The number of fused-ring (bicyclic) bond motifs is 1. The van der Waals surface area contributed by atoms with Crippen LogP contribution in [-0.4, -0.2) is 161 Å². The largest absolute Gasteiger partial charge is 0.390 e. The molecule has 0 saturated carbocycles. The van der Waals surface area contributed by atoms with Crippen molar-refractivity contribution in [2.75, 3.05) is 57.7 Å². The zero-order valence-electron chi connectivity index (χ0n) is 50.7. The number of carbonyl (C=O) groups is 2. The Balaban J connectivity index is 0.000000269. The maximum absolute atomic E-state index is 12.9. The zero-order chi connectivity index (χ0) is 64.1. The Morgan fingerprint density at radius 3 is 1.07 bits per heavy atom. The molecule has 10 rings (SSSR count). The van der Waals surface area contributed by atoms with Gasteiger partial charge in [0.2, 0.25) is 5.52 Å². The molecule has 0 aliphatic rings. The van der Waals surface area contributed by atoms with E-state index in [0.717, 1.165) is 45.6 Å². The van der Waals surface area contributed by atoms with Crippen molar-refractivity contribution in [2.45, 2.75) is 79.4 Å². The molecule has 2 amide bonds. The van der Waals surface area contributed by atoms with E-state index >= 15 is 0 Å². The van der Waals surface area contributed by atoms with Crippen molar-refractivity contribution in [3.63, 3.8) is 0 Å². The van der Waals surface area contributed by atoms with E-state index in [4.69, 9.17) is 5.73 Å². The molecule has 490 valence electrons. The molecule has 0 fully saturated rings. The predicted molar refractivity (Wildman–Crippen MR) is 356 cm³/mol. The van der Waals surface area contributed by atoms with Gasteiger partial charge in [-0.15, -0.1) is 0 Å². The van der Waals surface area contributed by atoms with E-state index in [9.17, 15) is 29.9 Å². The average Bonchev–Trinajstić information content (AvgIpc) is 1.79. The molecule has 0 aliphatic carbocycles. The first-order valence-corrected chi connectivity index (χ1v) is 29.9. The van der Waals surface area contributed by atoms with Crippen molar-refractivity contribution in [3.05, 3.63) is 262 Å². The van der Waals surface area contributed by atoms with Crippen LogP contribution in [0.2, 0.25) is 0 Å². The van der Waals surface area contributed by atoms with E-state index in [0.29, 0.717) is 115 Å². The highest BCUT2D eigenvalue weighted by atomic mass is 16.6. The van der Waals surface area contributed by atoms with Gasteiger partial charge in [-0.2, -0.15) is 0 Å². The van der Waals surface area contributed by atoms with Crippen molar-refractivity contribution >= 4 is 34.2 Å². The summed E-state index contributed by atoms with van der Waals surface area (Å²) in [5.41, 5.74) is 13.8. The number of nitrogens with zero attached hydrogens (tertiary/aromatic N) is 15. The second-order valence-electron chi connectivity index (χ2n) is 21.6. The number of rotatable bonds is 33. The summed E-state index contributed by atoms with van der Waals surface area (Å²) in [4.78, 5) is 80.2. The van der Waals surface area contributed by atoms with Crippen LogP contribution in [0.5, 0.6) is 0 Å². The van der Waals surface area contributed by atoms with Crippen LogP contribution in [-0.2, 0) is 52.4 Å². The average molecular weight is 1280 g/mol. The number of anilines is 1. The number of pyridine rings is 8.